The van der Waals surface area contributed by atoms with E-state index in [1.807, 2.05) is 18.3 Å². The third kappa shape index (κ3) is 5.87. The summed E-state index contributed by atoms with van der Waals surface area (Å²) < 4.78 is 2.37. The summed E-state index contributed by atoms with van der Waals surface area (Å²) in [6.45, 7) is 15.7. The van der Waals surface area contributed by atoms with Crippen molar-refractivity contribution < 1.29 is 0 Å². The first kappa shape index (κ1) is 24.2. The average Bonchev–Trinajstić information content (AvgIpc) is 3.31. The predicted molar refractivity (Wildman–Crippen MR) is 143 cm³/mol. The average molecular weight is 468 g/mol. The van der Waals surface area contributed by atoms with Gasteiger partial charge in [0.2, 0.25) is 0 Å². The molecule has 3 aromatic rings. The van der Waals surface area contributed by atoms with E-state index in [1.54, 1.807) is 11.3 Å². The van der Waals surface area contributed by atoms with Crippen LogP contribution in [0.25, 0.3) is 15.8 Å². The van der Waals surface area contributed by atoms with Crippen molar-refractivity contribution in [2.24, 2.45) is 0 Å². The molecule has 2 aromatic heterocycles. The molecule has 4 rings (SSSR count). The van der Waals surface area contributed by atoms with Crippen LogP contribution in [0.15, 0.2) is 66.3 Å². The summed E-state index contributed by atoms with van der Waals surface area (Å²) in [5, 5.41) is 10.9. The van der Waals surface area contributed by atoms with Crippen molar-refractivity contribution in [1.29, 1.82) is 0 Å². The minimum atomic E-state index is 0.497. The number of hydrogen-bond acceptors (Lipinski definition) is 3. The van der Waals surface area contributed by atoms with Crippen LogP contribution in [0.4, 0.5) is 0 Å². The van der Waals surface area contributed by atoms with Gasteiger partial charge in [0.15, 0.2) is 0 Å². The number of thiophene rings is 1. The van der Waals surface area contributed by atoms with Crippen molar-refractivity contribution >= 4 is 38.7 Å². The molecule has 32 heavy (non-hydrogen) atoms. The first-order valence-corrected chi connectivity index (χ1v) is 12.4. The van der Waals surface area contributed by atoms with Crippen LogP contribution < -0.4 is 10.6 Å². The van der Waals surface area contributed by atoms with Crippen LogP contribution in [-0.2, 0) is 6.54 Å². The zero-order valence-corrected chi connectivity index (χ0v) is 21.3. The van der Waals surface area contributed by atoms with Crippen LogP contribution in [-0.4, -0.2) is 16.7 Å². The van der Waals surface area contributed by atoms with Crippen LogP contribution >= 0.6 is 22.9 Å². The van der Waals surface area contributed by atoms with E-state index in [9.17, 15) is 0 Å². The molecule has 1 aliphatic heterocycles. The maximum Gasteiger partial charge on any atom is 0.103 e. The normalized spacial score (nSPS) is 15.2. The van der Waals surface area contributed by atoms with Crippen LogP contribution in [0.3, 0.4) is 0 Å². The van der Waals surface area contributed by atoms with Crippen LogP contribution in [0.5, 0.6) is 0 Å². The molecule has 0 saturated carbocycles. The van der Waals surface area contributed by atoms with E-state index in [-0.39, 0.29) is 0 Å². The van der Waals surface area contributed by atoms with Gasteiger partial charge in [-0.3, -0.25) is 0 Å². The van der Waals surface area contributed by atoms with E-state index in [4.69, 9.17) is 11.6 Å². The number of nitrogens with one attached hydrogen (secondary N) is 2. The molecule has 0 spiro atoms. The number of aromatic nitrogens is 1. The highest BCUT2D eigenvalue weighted by atomic mass is 35.5. The van der Waals surface area contributed by atoms with E-state index in [0.29, 0.717) is 12.1 Å². The second kappa shape index (κ2) is 10.9. The summed E-state index contributed by atoms with van der Waals surface area (Å²) in [6, 6.07) is 11.3. The molecule has 0 fully saturated rings. The molecule has 3 nitrogen and oxygen atoms in total. The maximum absolute atomic E-state index is 5.95. The lowest BCUT2D eigenvalue weighted by Crippen LogP contribution is -2.29. The second-order valence-electron chi connectivity index (χ2n) is 8.53. The number of nitrogens with zero attached hydrogens (tertiary/aromatic N) is 1. The first-order valence-electron chi connectivity index (χ1n) is 11.2. The zero-order valence-electron chi connectivity index (χ0n) is 19.7. The van der Waals surface area contributed by atoms with Crippen LogP contribution in [0.1, 0.15) is 50.9 Å². The van der Waals surface area contributed by atoms with Gasteiger partial charge in [0.05, 0.1) is 0 Å². The standard InChI is InChI=1S/C17H16ClNS.C10H18N2/c1-11(2)16-12(3)19(17-15(16)8-9-20-17)10-13-4-6-14(18)7-5-13;1-4-9-7-10(5-6-11-9)12-8(2)3/h4-9H,1,10H2,2-3H3;5-9,11-12H,4H2,1-3H3. The molecule has 170 valence electrons. The Kier molecular flexibility index (Phi) is 8.27. The van der Waals surface area contributed by atoms with Gasteiger partial charge in [0.25, 0.3) is 0 Å². The molecule has 1 aliphatic rings. The molecule has 0 amide bonds. The molecule has 0 radical (unpaired) electrons. The van der Waals surface area contributed by atoms with E-state index >= 15 is 0 Å². The molecule has 1 aromatic carbocycles. The molecule has 0 bridgehead atoms. The van der Waals surface area contributed by atoms with Gasteiger partial charge < -0.3 is 15.2 Å². The molecular formula is C27H34ClN3S. The number of allylic oxidation sites excluding steroid dienone is 2. The van der Waals surface area contributed by atoms with Crippen molar-refractivity contribution in [2.75, 3.05) is 0 Å². The van der Waals surface area contributed by atoms with Gasteiger partial charge in [-0.05, 0) is 87.2 Å². The molecule has 1 atom stereocenters. The third-order valence-electron chi connectivity index (χ3n) is 5.46. The lowest BCUT2D eigenvalue weighted by atomic mass is 10.1. The number of dihydropyridines is 1. The molecular weight excluding hydrogens is 434 g/mol. The minimum absolute atomic E-state index is 0.497. The minimum Gasteiger partial charge on any atom is -0.385 e. The Hall–Kier alpha value is -2.43. The van der Waals surface area contributed by atoms with Gasteiger partial charge in [-0.2, -0.15) is 0 Å². The van der Waals surface area contributed by atoms with Gasteiger partial charge >= 0.3 is 0 Å². The maximum atomic E-state index is 5.95. The topological polar surface area (TPSA) is 29.0 Å². The fraction of sp³-hybridized carbons (Fsp3) is 0.333. The Morgan fingerprint density at radius 3 is 2.59 bits per heavy atom. The van der Waals surface area contributed by atoms with E-state index in [1.165, 1.54) is 32.7 Å². The fourth-order valence-electron chi connectivity index (χ4n) is 3.93. The summed E-state index contributed by atoms with van der Waals surface area (Å²) in [4.78, 5) is 1.32. The number of fused-ring (bicyclic) bond motifs is 1. The monoisotopic (exact) mass is 467 g/mol. The SMILES string of the molecule is C=C(C)c1c(C)n(Cc2ccc(Cl)cc2)c2sccc12.CCC1C=C(NC(C)C)C=CN1. The first-order chi connectivity index (χ1) is 15.3. The summed E-state index contributed by atoms with van der Waals surface area (Å²) in [5.74, 6) is 0. The van der Waals surface area contributed by atoms with E-state index in [0.717, 1.165) is 23.6 Å². The van der Waals surface area contributed by atoms with E-state index in [2.05, 4.69) is 92.1 Å². The number of halogens is 1. The summed E-state index contributed by atoms with van der Waals surface area (Å²) in [7, 11) is 0. The van der Waals surface area contributed by atoms with Crippen LogP contribution in [0, 0.1) is 6.92 Å². The highest BCUT2D eigenvalue weighted by Crippen LogP contribution is 2.34. The third-order valence-corrected chi connectivity index (χ3v) is 6.64. The Labute approximate surface area is 201 Å². The zero-order chi connectivity index (χ0) is 23.3. The molecule has 3 heterocycles. The van der Waals surface area contributed by atoms with E-state index < -0.39 is 0 Å². The summed E-state index contributed by atoms with van der Waals surface area (Å²) in [6.07, 6.45) is 7.46. The quantitative estimate of drug-likeness (QED) is 0.392. The Balaban J connectivity index is 0.000000207. The van der Waals surface area contributed by atoms with Crippen LogP contribution in [0.2, 0.25) is 5.02 Å². The molecule has 0 aliphatic carbocycles. The molecule has 5 heteroatoms. The number of hydrogen-bond donors (Lipinski definition) is 2. The van der Waals surface area contributed by atoms with Gasteiger partial charge in [-0.15, -0.1) is 11.3 Å². The lowest BCUT2D eigenvalue weighted by molar-refractivity contribution is 0.628. The summed E-state index contributed by atoms with van der Waals surface area (Å²) in [5.41, 5.74) is 6.19. The van der Waals surface area contributed by atoms with Crippen molar-refractivity contribution in [3.63, 3.8) is 0 Å². The smallest absolute Gasteiger partial charge is 0.103 e. The number of benzene rings is 1. The van der Waals surface area contributed by atoms with Crippen molar-refractivity contribution in [3.8, 4) is 0 Å². The summed E-state index contributed by atoms with van der Waals surface area (Å²) >= 11 is 7.74. The largest absolute Gasteiger partial charge is 0.385 e. The Bertz CT molecular complexity index is 1120. The number of rotatable bonds is 6. The Morgan fingerprint density at radius 1 is 1.25 bits per heavy atom. The second-order valence-corrected chi connectivity index (χ2v) is 9.86. The fourth-order valence-corrected chi connectivity index (χ4v) is 5.02. The van der Waals surface area contributed by atoms with Gasteiger partial charge in [-0.25, -0.2) is 0 Å². The lowest BCUT2D eigenvalue weighted by Gasteiger charge is -2.19. The van der Waals surface area contributed by atoms with Gasteiger partial charge in [-0.1, -0.05) is 37.2 Å². The highest BCUT2D eigenvalue weighted by molar-refractivity contribution is 7.16. The molecule has 0 saturated heterocycles. The molecule has 2 N–H and O–H groups in total. The van der Waals surface area contributed by atoms with Crippen molar-refractivity contribution in [1.82, 2.24) is 15.2 Å². The predicted octanol–water partition coefficient (Wildman–Crippen LogP) is 7.51. The van der Waals surface area contributed by atoms with Gasteiger partial charge in [0.1, 0.15) is 4.83 Å². The van der Waals surface area contributed by atoms with Gasteiger partial charge in [0, 0.05) is 46.0 Å². The highest BCUT2D eigenvalue weighted by Gasteiger charge is 2.15. The molecule has 1 unspecified atom stereocenters. The van der Waals surface area contributed by atoms with Crippen molar-refractivity contribution in [2.45, 2.75) is 59.7 Å². The van der Waals surface area contributed by atoms with Crippen molar-refractivity contribution in [3.05, 3.63) is 88.2 Å². The Morgan fingerprint density at radius 2 is 1.97 bits per heavy atom.